The van der Waals surface area contributed by atoms with Crippen molar-refractivity contribution in [3.8, 4) is 0 Å². The van der Waals surface area contributed by atoms with Gasteiger partial charge < -0.3 is 14.2 Å². The second-order valence-corrected chi connectivity index (χ2v) is 19.9. The number of esters is 3. The van der Waals surface area contributed by atoms with E-state index < -0.39 is 6.10 Å². The number of carbonyl (C=O) groups is 3. The molecule has 0 aromatic heterocycles. The van der Waals surface area contributed by atoms with E-state index in [0.29, 0.717) is 19.3 Å². The van der Waals surface area contributed by atoms with Crippen molar-refractivity contribution in [1.29, 1.82) is 0 Å². The van der Waals surface area contributed by atoms with Crippen LogP contribution in [-0.4, -0.2) is 37.2 Å². The molecule has 68 heavy (non-hydrogen) atoms. The highest BCUT2D eigenvalue weighted by molar-refractivity contribution is 5.71. The Morgan fingerprint density at radius 1 is 0.294 bits per heavy atom. The molecule has 0 rings (SSSR count). The second kappa shape index (κ2) is 57.0. The largest absolute Gasteiger partial charge is 0.462 e. The Morgan fingerprint density at radius 2 is 0.529 bits per heavy atom. The standard InChI is InChI=1S/C62H112O6/c1-4-7-10-13-16-19-22-25-27-29-31-33-35-37-40-43-46-49-52-55-61(64)67-58-59(57-66-60(63)54-51-48-45-42-39-24-21-18-15-12-9-6-3)68-62(65)56-53-50-47-44-41-38-36-34-32-30-28-26-23-20-17-14-11-8-5-2/h16,19,25,27,31,33,37,40,59H,4-15,17-18,20-24,26,28-30,32,34-36,38-39,41-58H2,1-3H3/b19-16-,27-25-,33-31-,40-37-/t59-/m1/s1. The summed E-state index contributed by atoms with van der Waals surface area (Å²) in [5, 5.41) is 0. The van der Waals surface area contributed by atoms with Gasteiger partial charge in [0.15, 0.2) is 6.10 Å². The molecule has 0 N–H and O–H groups in total. The third kappa shape index (κ3) is 54.3. The van der Waals surface area contributed by atoms with Crippen LogP contribution in [-0.2, 0) is 28.6 Å². The van der Waals surface area contributed by atoms with E-state index in [9.17, 15) is 14.4 Å². The van der Waals surface area contributed by atoms with Crippen LogP contribution < -0.4 is 0 Å². The van der Waals surface area contributed by atoms with E-state index >= 15 is 0 Å². The van der Waals surface area contributed by atoms with Crippen molar-refractivity contribution in [2.75, 3.05) is 13.2 Å². The van der Waals surface area contributed by atoms with Gasteiger partial charge in [-0.05, 0) is 64.2 Å². The molecule has 0 saturated carbocycles. The van der Waals surface area contributed by atoms with Gasteiger partial charge in [-0.1, -0.05) is 275 Å². The summed E-state index contributed by atoms with van der Waals surface area (Å²) in [4.78, 5) is 38.1. The van der Waals surface area contributed by atoms with Crippen LogP contribution in [0.1, 0.15) is 310 Å². The maximum atomic E-state index is 12.9. The van der Waals surface area contributed by atoms with Crippen LogP contribution >= 0.6 is 0 Å². The van der Waals surface area contributed by atoms with E-state index in [0.717, 1.165) is 83.5 Å². The first-order valence-corrected chi connectivity index (χ1v) is 29.6. The lowest BCUT2D eigenvalue weighted by Crippen LogP contribution is -2.30. The molecular weight excluding hydrogens is 841 g/mol. The van der Waals surface area contributed by atoms with Gasteiger partial charge in [0.25, 0.3) is 0 Å². The molecule has 0 bridgehead atoms. The molecule has 0 aliphatic carbocycles. The van der Waals surface area contributed by atoms with E-state index in [2.05, 4.69) is 69.4 Å². The molecule has 0 aromatic rings. The highest BCUT2D eigenvalue weighted by Crippen LogP contribution is 2.17. The molecule has 0 fully saturated rings. The summed E-state index contributed by atoms with van der Waals surface area (Å²) in [6, 6.07) is 0. The molecular formula is C62H112O6. The molecule has 0 radical (unpaired) electrons. The van der Waals surface area contributed by atoms with Gasteiger partial charge in [0.2, 0.25) is 0 Å². The Labute approximate surface area is 422 Å². The van der Waals surface area contributed by atoms with Gasteiger partial charge in [0, 0.05) is 19.3 Å². The highest BCUT2D eigenvalue weighted by Gasteiger charge is 2.19. The van der Waals surface area contributed by atoms with E-state index in [4.69, 9.17) is 14.2 Å². The van der Waals surface area contributed by atoms with Crippen molar-refractivity contribution in [1.82, 2.24) is 0 Å². The van der Waals surface area contributed by atoms with Crippen molar-refractivity contribution in [3.05, 3.63) is 48.6 Å². The molecule has 0 amide bonds. The maximum absolute atomic E-state index is 12.9. The van der Waals surface area contributed by atoms with E-state index in [1.165, 1.54) is 186 Å². The first kappa shape index (κ1) is 65.4. The topological polar surface area (TPSA) is 78.9 Å². The Kier molecular flexibility index (Phi) is 54.8. The molecule has 6 heteroatoms. The summed E-state index contributed by atoms with van der Waals surface area (Å²) < 4.78 is 16.9. The monoisotopic (exact) mass is 953 g/mol. The SMILES string of the molecule is CCCCC/C=C\C/C=C\C/C=C\C/C=C\CCCCCC(=O)OC[C@@H](COC(=O)CCCCCCCCCCCCCC)OC(=O)CCCCCCCCCCCCCCCCCCCCC. The quantitative estimate of drug-likeness (QED) is 0.0262. The summed E-state index contributed by atoms with van der Waals surface area (Å²) in [6.45, 7) is 6.62. The summed E-state index contributed by atoms with van der Waals surface area (Å²) in [7, 11) is 0. The van der Waals surface area contributed by atoms with Crippen LogP contribution in [0.15, 0.2) is 48.6 Å². The zero-order chi connectivity index (χ0) is 49.3. The lowest BCUT2D eigenvalue weighted by molar-refractivity contribution is -0.167. The number of ether oxygens (including phenoxy) is 3. The van der Waals surface area contributed by atoms with E-state index in [1.54, 1.807) is 0 Å². The number of hydrogen-bond acceptors (Lipinski definition) is 6. The average molecular weight is 954 g/mol. The number of carbonyl (C=O) groups excluding carboxylic acids is 3. The summed E-state index contributed by atoms with van der Waals surface area (Å²) in [5.74, 6) is -0.894. The molecule has 6 nitrogen and oxygen atoms in total. The molecule has 0 heterocycles. The zero-order valence-corrected chi connectivity index (χ0v) is 45.4. The maximum Gasteiger partial charge on any atom is 0.306 e. The molecule has 0 unspecified atom stereocenters. The Bertz CT molecular complexity index is 1190. The second-order valence-electron chi connectivity index (χ2n) is 19.9. The fourth-order valence-electron chi connectivity index (χ4n) is 8.60. The van der Waals surface area contributed by atoms with Gasteiger partial charge in [0.1, 0.15) is 13.2 Å². The van der Waals surface area contributed by atoms with Crippen molar-refractivity contribution >= 4 is 17.9 Å². The summed E-state index contributed by atoms with van der Waals surface area (Å²) in [5.41, 5.74) is 0. The van der Waals surface area contributed by atoms with Crippen molar-refractivity contribution in [3.63, 3.8) is 0 Å². The van der Waals surface area contributed by atoms with Crippen LogP contribution in [0.3, 0.4) is 0 Å². The van der Waals surface area contributed by atoms with Crippen LogP contribution in [0.4, 0.5) is 0 Å². The molecule has 396 valence electrons. The molecule has 0 spiro atoms. The predicted octanol–water partition coefficient (Wildman–Crippen LogP) is 19.8. The number of unbranched alkanes of at least 4 members (excludes halogenated alkanes) is 35. The van der Waals surface area contributed by atoms with Gasteiger partial charge in [-0.2, -0.15) is 0 Å². The van der Waals surface area contributed by atoms with Crippen LogP contribution in [0.5, 0.6) is 0 Å². The summed E-state index contributed by atoms with van der Waals surface area (Å²) in [6.07, 6.45) is 69.6. The van der Waals surface area contributed by atoms with Crippen molar-refractivity contribution < 1.29 is 28.6 Å². The van der Waals surface area contributed by atoms with Crippen LogP contribution in [0.25, 0.3) is 0 Å². The fourth-order valence-corrected chi connectivity index (χ4v) is 8.60. The normalized spacial score (nSPS) is 12.3. The molecule has 0 aliphatic rings. The minimum atomic E-state index is -0.782. The van der Waals surface area contributed by atoms with Crippen LogP contribution in [0, 0.1) is 0 Å². The molecule has 1 atom stereocenters. The third-order valence-electron chi connectivity index (χ3n) is 13.1. The van der Waals surface area contributed by atoms with Crippen molar-refractivity contribution in [2.24, 2.45) is 0 Å². The van der Waals surface area contributed by atoms with Gasteiger partial charge in [-0.25, -0.2) is 0 Å². The Hall–Kier alpha value is -2.63. The lowest BCUT2D eigenvalue weighted by Gasteiger charge is -2.18. The van der Waals surface area contributed by atoms with Gasteiger partial charge in [-0.15, -0.1) is 0 Å². The van der Waals surface area contributed by atoms with Gasteiger partial charge >= 0.3 is 17.9 Å². The van der Waals surface area contributed by atoms with Crippen LogP contribution in [0.2, 0.25) is 0 Å². The first-order chi connectivity index (χ1) is 33.5. The minimum absolute atomic E-state index is 0.0790. The Balaban J connectivity index is 4.36. The highest BCUT2D eigenvalue weighted by atomic mass is 16.6. The minimum Gasteiger partial charge on any atom is -0.462 e. The Morgan fingerprint density at radius 3 is 0.853 bits per heavy atom. The number of hydrogen-bond donors (Lipinski definition) is 0. The van der Waals surface area contributed by atoms with E-state index in [-0.39, 0.29) is 31.1 Å². The van der Waals surface area contributed by atoms with Gasteiger partial charge in [0.05, 0.1) is 0 Å². The molecule has 0 aliphatic heterocycles. The van der Waals surface area contributed by atoms with E-state index in [1.807, 2.05) is 0 Å². The van der Waals surface area contributed by atoms with Crippen molar-refractivity contribution in [2.45, 2.75) is 316 Å². The third-order valence-corrected chi connectivity index (χ3v) is 13.1. The predicted molar refractivity (Wildman–Crippen MR) is 293 cm³/mol. The number of allylic oxidation sites excluding steroid dienone is 8. The first-order valence-electron chi connectivity index (χ1n) is 29.6. The average Bonchev–Trinajstić information content (AvgIpc) is 3.34. The zero-order valence-electron chi connectivity index (χ0n) is 45.4. The fraction of sp³-hybridized carbons (Fsp3) is 0.823. The lowest BCUT2D eigenvalue weighted by atomic mass is 10.0. The smallest absolute Gasteiger partial charge is 0.306 e. The van der Waals surface area contributed by atoms with Gasteiger partial charge in [-0.3, -0.25) is 14.4 Å². The molecule has 0 aromatic carbocycles. The number of rotatable bonds is 54. The summed E-state index contributed by atoms with van der Waals surface area (Å²) >= 11 is 0. The molecule has 0 saturated heterocycles.